The summed E-state index contributed by atoms with van der Waals surface area (Å²) in [5, 5.41) is 8.64. The molecule has 1 aliphatic rings. The Bertz CT molecular complexity index is 292. The van der Waals surface area contributed by atoms with Crippen molar-refractivity contribution in [2.24, 2.45) is 17.0 Å². The maximum atomic E-state index is 11.9. The van der Waals surface area contributed by atoms with Gasteiger partial charge in [-0.2, -0.15) is 0 Å². The zero-order valence-electron chi connectivity index (χ0n) is 12.6. The molecule has 0 radical (unpaired) electrons. The van der Waals surface area contributed by atoms with E-state index in [0.29, 0.717) is 11.8 Å². The van der Waals surface area contributed by atoms with Crippen molar-refractivity contribution < 1.29 is 9.53 Å². The molecular formula is C14H28N2O2S. The molecule has 1 amide bonds. The van der Waals surface area contributed by atoms with E-state index in [1.54, 1.807) is 0 Å². The summed E-state index contributed by atoms with van der Waals surface area (Å²) >= 11 is 1.37. The molecule has 0 bridgehead atoms. The van der Waals surface area contributed by atoms with Crippen molar-refractivity contribution in [3.8, 4) is 0 Å². The van der Waals surface area contributed by atoms with E-state index in [0.717, 1.165) is 18.6 Å². The van der Waals surface area contributed by atoms with Crippen LogP contribution in [0.15, 0.2) is 0 Å². The van der Waals surface area contributed by atoms with Gasteiger partial charge >= 0.3 is 6.09 Å². The summed E-state index contributed by atoms with van der Waals surface area (Å²) in [5.41, 5.74) is -0.443. The van der Waals surface area contributed by atoms with Gasteiger partial charge in [0.1, 0.15) is 5.60 Å². The van der Waals surface area contributed by atoms with Gasteiger partial charge in [-0.15, -0.1) is 0 Å². The normalized spacial score (nSPS) is 27.9. The van der Waals surface area contributed by atoms with Crippen LogP contribution in [0.5, 0.6) is 0 Å². The predicted octanol–water partition coefficient (Wildman–Crippen LogP) is 3.31. The lowest BCUT2D eigenvalue weighted by molar-refractivity contribution is 0.0460. The molecule has 5 heteroatoms. The van der Waals surface area contributed by atoms with Gasteiger partial charge in [-0.25, -0.2) is 4.79 Å². The fraction of sp³-hybridized carbons (Fsp3) is 0.929. The summed E-state index contributed by atoms with van der Waals surface area (Å²) in [6.45, 7) is 7.87. The van der Waals surface area contributed by atoms with Crippen molar-refractivity contribution in [3.63, 3.8) is 0 Å². The van der Waals surface area contributed by atoms with Crippen molar-refractivity contribution in [1.29, 1.82) is 0 Å². The lowest BCUT2D eigenvalue weighted by Crippen LogP contribution is -2.46. The highest BCUT2D eigenvalue weighted by atomic mass is 32.2. The molecule has 3 N–H and O–H groups in total. The Morgan fingerprint density at radius 2 is 2.11 bits per heavy atom. The quantitative estimate of drug-likeness (QED) is 0.779. The molecule has 0 heterocycles. The molecule has 0 aromatic heterocycles. The molecule has 1 aliphatic carbocycles. The smallest absolute Gasteiger partial charge is 0.407 e. The number of alkyl carbamates (subject to hydrolysis) is 1. The Hall–Kier alpha value is -0.420. The van der Waals surface area contributed by atoms with Crippen LogP contribution >= 0.6 is 11.9 Å². The summed E-state index contributed by atoms with van der Waals surface area (Å²) in [6, 6.07) is 0.199. The molecule has 0 aromatic carbocycles. The van der Waals surface area contributed by atoms with Crippen LogP contribution in [0.4, 0.5) is 4.79 Å². The number of nitrogens with two attached hydrogens (primary N) is 1. The second-order valence-electron chi connectivity index (χ2n) is 6.43. The second-order valence-corrected chi connectivity index (χ2v) is 7.10. The highest BCUT2D eigenvalue weighted by molar-refractivity contribution is 7.97. The second kappa shape index (κ2) is 7.39. The number of rotatable bonds is 4. The number of hydrogen-bond donors (Lipinski definition) is 2. The van der Waals surface area contributed by atoms with Crippen LogP contribution in [0.3, 0.4) is 0 Å². The Morgan fingerprint density at radius 1 is 1.42 bits per heavy atom. The maximum absolute atomic E-state index is 11.9. The van der Waals surface area contributed by atoms with Gasteiger partial charge in [-0.1, -0.05) is 31.7 Å². The third-order valence-corrected chi connectivity index (χ3v) is 4.31. The van der Waals surface area contributed by atoms with E-state index in [4.69, 9.17) is 9.88 Å². The van der Waals surface area contributed by atoms with E-state index in [1.807, 2.05) is 20.8 Å². The average molecular weight is 288 g/mol. The van der Waals surface area contributed by atoms with Gasteiger partial charge in [-0.05, 0) is 45.4 Å². The molecule has 3 atom stereocenters. The molecule has 0 aromatic rings. The number of ether oxygens (including phenoxy) is 1. The van der Waals surface area contributed by atoms with Gasteiger partial charge in [0.25, 0.3) is 0 Å². The molecule has 0 aliphatic heterocycles. The summed E-state index contributed by atoms with van der Waals surface area (Å²) in [7, 11) is 0. The Kier molecular flexibility index (Phi) is 6.47. The molecule has 1 saturated carbocycles. The Morgan fingerprint density at radius 3 is 2.63 bits per heavy atom. The van der Waals surface area contributed by atoms with Crippen molar-refractivity contribution in [1.82, 2.24) is 5.32 Å². The largest absolute Gasteiger partial charge is 0.444 e. The fourth-order valence-corrected chi connectivity index (χ4v) is 3.30. The molecule has 112 valence electrons. The highest BCUT2D eigenvalue weighted by Crippen LogP contribution is 2.32. The molecule has 1 rings (SSSR count). The zero-order chi connectivity index (χ0) is 14.5. The molecule has 0 saturated heterocycles. The summed E-state index contributed by atoms with van der Waals surface area (Å²) < 4.78 is 5.35. The monoisotopic (exact) mass is 288 g/mol. The summed E-state index contributed by atoms with van der Waals surface area (Å²) in [5.74, 6) is 2.07. The minimum Gasteiger partial charge on any atom is -0.444 e. The number of carbonyl (C=O) groups excluding carboxylic acids is 1. The first kappa shape index (κ1) is 16.6. The van der Waals surface area contributed by atoms with E-state index in [1.165, 1.54) is 24.8 Å². The van der Waals surface area contributed by atoms with E-state index < -0.39 is 5.60 Å². The maximum Gasteiger partial charge on any atom is 0.407 e. The SMILES string of the molecule is CCC1CCC(CSN)C(NC(=O)OC(C)(C)C)C1. The first-order chi connectivity index (χ1) is 8.85. The predicted molar refractivity (Wildman–Crippen MR) is 80.9 cm³/mol. The van der Waals surface area contributed by atoms with Crippen LogP contribution in [-0.2, 0) is 4.74 Å². The lowest BCUT2D eigenvalue weighted by atomic mass is 9.78. The van der Waals surface area contributed by atoms with Crippen molar-refractivity contribution in [3.05, 3.63) is 0 Å². The van der Waals surface area contributed by atoms with E-state index >= 15 is 0 Å². The van der Waals surface area contributed by atoms with E-state index in [9.17, 15) is 4.79 Å². The number of nitrogens with one attached hydrogen (secondary N) is 1. The van der Waals surface area contributed by atoms with Crippen LogP contribution in [0.25, 0.3) is 0 Å². The van der Waals surface area contributed by atoms with Crippen LogP contribution in [0.1, 0.15) is 53.4 Å². The minimum atomic E-state index is -0.443. The van der Waals surface area contributed by atoms with Crippen molar-refractivity contribution in [2.45, 2.75) is 65.0 Å². The Balaban J connectivity index is 2.56. The van der Waals surface area contributed by atoms with Gasteiger partial charge in [0.15, 0.2) is 0 Å². The first-order valence-corrected chi connectivity index (χ1v) is 8.21. The van der Waals surface area contributed by atoms with E-state index in [2.05, 4.69) is 12.2 Å². The van der Waals surface area contributed by atoms with Crippen LogP contribution in [0, 0.1) is 11.8 Å². The first-order valence-electron chi connectivity index (χ1n) is 7.17. The third-order valence-electron chi connectivity index (χ3n) is 3.69. The average Bonchev–Trinajstić information content (AvgIpc) is 2.29. The molecule has 3 unspecified atom stereocenters. The molecule has 4 nitrogen and oxygen atoms in total. The zero-order valence-corrected chi connectivity index (χ0v) is 13.4. The molecule has 1 fully saturated rings. The summed E-state index contributed by atoms with van der Waals surface area (Å²) in [4.78, 5) is 11.9. The van der Waals surface area contributed by atoms with Gasteiger partial charge in [0.05, 0.1) is 0 Å². The number of amides is 1. The van der Waals surface area contributed by atoms with Crippen molar-refractivity contribution in [2.75, 3.05) is 5.75 Å². The Labute approximate surface area is 121 Å². The molecule has 19 heavy (non-hydrogen) atoms. The van der Waals surface area contributed by atoms with Crippen LogP contribution in [-0.4, -0.2) is 23.5 Å². The standard InChI is InChI=1S/C14H28N2O2S/c1-5-10-6-7-11(9-19-15)12(8-10)16-13(17)18-14(2,3)4/h10-12H,5-9,15H2,1-4H3,(H,16,17). The fourth-order valence-electron chi connectivity index (χ4n) is 2.65. The van der Waals surface area contributed by atoms with Gasteiger partial charge in [0, 0.05) is 11.8 Å². The van der Waals surface area contributed by atoms with Gasteiger partial charge in [0.2, 0.25) is 0 Å². The highest BCUT2D eigenvalue weighted by Gasteiger charge is 2.31. The van der Waals surface area contributed by atoms with E-state index in [-0.39, 0.29) is 12.1 Å². The molecular weight excluding hydrogens is 260 g/mol. The van der Waals surface area contributed by atoms with Crippen LogP contribution < -0.4 is 10.5 Å². The van der Waals surface area contributed by atoms with Crippen LogP contribution in [0.2, 0.25) is 0 Å². The minimum absolute atomic E-state index is 0.199. The number of hydrogen-bond acceptors (Lipinski definition) is 4. The number of carbonyl (C=O) groups is 1. The van der Waals surface area contributed by atoms with Gasteiger partial charge < -0.3 is 10.1 Å². The summed E-state index contributed by atoms with van der Waals surface area (Å²) in [6.07, 6.45) is 4.30. The van der Waals surface area contributed by atoms with Gasteiger partial charge in [-0.3, -0.25) is 5.14 Å². The molecule has 0 spiro atoms. The topological polar surface area (TPSA) is 64.3 Å². The van der Waals surface area contributed by atoms with Crippen molar-refractivity contribution >= 4 is 18.0 Å². The lowest BCUT2D eigenvalue weighted by Gasteiger charge is -2.36. The third kappa shape index (κ3) is 6.04.